The number of halogens is 2. The summed E-state index contributed by atoms with van der Waals surface area (Å²) < 4.78 is 0. The van der Waals surface area contributed by atoms with Crippen LogP contribution in [0.5, 0.6) is 0 Å². The summed E-state index contributed by atoms with van der Waals surface area (Å²) in [4.78, 5) is 15.2. The molecule has 3 nitrogen and oxygen atoms in total. The molecule has 1 N–H and O–H groups in total. The van der Waals surface area contributed by atoms with Gasteiger partial charge in [0.25, 0.3) is 5.91 Å². The molecule has 1 fully saturated rings. The van der Waals surface area contributed by atoms with Gasteiger partial charge in [-0.3, -0.25) is 4.79 Å². The first-order chi connectivity index (χ1) is 10.0. The van der Waals surface area contributed by atoms with E-state index in [4.69, 9.17) is 23.2 Å². The zero-order chi connectivity index (χ0) is 15.4. The lowest BCUT2D eigenvalue weighted by Gasteiger charge is -2.31. The van der Waals surface area contributed by atoms with Gasteiger partial charge in [0.2, 0.25) is 0 Å². The highest BCUT2D eigenvalue weighted by Gasteiger charge is 2.21. The molecule has 1 amide bonds. The van der Waals surface area contributed by atoms with E-state index in [1.165, 1.54) is 6.42 Å². The average molecular weight is 347 g/mol. The number of rotatable bonds is 4. The zero-order valence-electron chi connectivity index (χ0n) is 12.0. The summed E-state index contributed by atoms with van der Waals surface area (Å²) in [6.45, 7) is 6.10. The van der Waals surface area contributed by atoms with Crippen LogP contribution in [-0.2, 0) is 0 Å². The molecule has 1 aliphatic rings. The van der Waals surface area contributed by atoms with Crippen molar-refractivity contribution in [3.05, 3.63) is 27.7 Å². The number of thiol groups is 1. The maximum Gasteiger partial charge on any atom is 0.253 e. The third-order valence-corrected chi connectivity index (χ3v) is 4.73. The minimum absolute atomic E-state index is 0.185. The third kappa shape index (κ3) is 4.52. The fraction of sp³-hybridized carbons (Fsp3) is 0.533. The van der Waals surface area contributed by atoms with Crippen molar-refractivity contribution in [3.63, 3.8) is 0 Å². The summed E-state index contributed by atoms with van der Waals surface area (Å²) in [5, 5.41) is 3.79. The first-order valence-corrected chi connectivity index (χ1v) is 8.40. The standard InChI is InChI=1S/C15H20Cl2N2OS/c1-2-19-5-3-4-10(9-19)8-18-15(20)14-12(17)6-11(16)7-13(14)21/h6-7,10,21H,2-5,8-9H2,1H3,(H,18,20). The molecule has 1 aromatic carbocycles. The number of carbonyl (C=O) groups excluding carboxylic acids is 1. The summed E-state index contributed by atoms with van der Waals surface area (Å²) in [6.07, 6.45) is 2.34. The Morgan fingerprint density at radius 3 is 2.90 bits per heavy atom. The quantitative estimate of drug-likeness (QED) is 0.814. The SMILES string of the molecule is CCN1CCCC(CNC(=O)c2c(S)cc(Cl)cc2Cl)C1. The van der Waals surface area contributed by atoms with Crippen LogP contribution in [0.15, 0.2) is 17.0 Å². The Hall–Kier alpha value is -0.420. The number of nitrogens with zero attached hydrogens (tertiary/aromatic N) is 1. The molecule has 1 unspecified atom stereocenters. The van der Waals surface area contributed by atoms with E-state index in [-0.39, 0.29) is 5.91 Å². The lowest BCUT2D eigenvalue weighted by atomic mass is 9.98. The Morgan fingerprint density at radius 1 is 1.48 bits per heavy atom. The van der Waals surface area contributed by atoms with Crippen LogP contribution in [0.1, 0.15) is 30.1 Å². The van der Waals surface area contributed by atoms with Crippen molar-refractivity contribution >= 4 is 41.7 Å². The molecule has 1 heterocycles. The molecular weight excluding hydrogens is 327 g/mol. The van der Waals surface area contributed by atoms with Crippen LogP contribution in [0, 0.1) is 5.92 Å². The number of piperidine rings is 1. The van der Waals surface area contributed by atoms with Crippen LogP contribution in [0.2, 0.25) is 10.0 Å². The van der Waals surface area contributed by atoms with Crippen LogP contribution in [0.4, 0.5) is 0 Å². The van der Waals surface area contributed by atoms with E-state index < -0.39 is 0 Å². The molecule has 0 aliphatic carbocycles. The maximum atomic E-state index is 12.3. The van der Waals surface area contributed by atoms with Gasteiger partial charge < -0.3 is 10.2 Å². The Kier molecular flexibility index (Phi) is 6.23. The van der Waals surface area contributed by atoms with Gasteiger partial charge in [0.05, 0.1) is 10.6 Å². The highest BCUT2D eigenvalue weighted by Crippen LogP contribution is 2.27. The fourth-order valence-corrected chi connectivity index (χ4v) is 3.80. The summed E-state index contributed by atoms with van der Waals surface area (Å²) >= 11 is 16.3. The smallest absolute Gasteiger partial charge is 0.253 e. The highest BCUT2D eigenvalue weighted by atomic mass is 35.5. The molecular formula is C15H20Cl2N2OS. The molecule has 1 aromatic rings. The Bertz CT molecular complexity index is 501. The molecule has 21 heavy (non-hydrogen) atoms. The summed E-state index contributed by atoms with van der Waals surface area (Å²) in [5.41, 5.74) is 0.396. The van der Waals surface area contributed by atoms with Crippen LogP contribution in [0.3, 0.4) is 0 Å². The molecule has 0 radical (unpaired) electrons. The Balaban J connectivity index is 1.96. The van der Waals surface area contributed by atoms with Gasteiger partial charge in [-0.25, -0.2) is 0 Å². The fourth-order valence-electron chi connectivity index (χ4n) is 2.72. The number of benzene rings is 1. The van der Waals surface area contributed by atoms with Gasteiger partial charge in [-0.2, -0.15) is 0 Å². The number of carbonyl (C=O) groups is 1. The summed E-state index contributed by atoms with van der Waals surface area (Å²) in [5.74, 6) is 0.312. The second-order valence-corrected chi connectivity index (χ2v) is 6.72. The van der Waals surface area contributed by atoms with Gasteiger partial charge >= 0.3 is 0 Å². The topological polar surface area (TPSA) is 32.3 Å². The monoisotopic (exact) mass is 346 g/mol. The normalized spacial score (nSPS) is 19.5. The molecule has 0 saturated carbocycles. The summed E-state index contributed by atoms with van der Waals surface area (Å²) in [7, 11) is 0. The lowest BCUT2D eigenvalue weighted by Crippen LogP contribution is -2.40. The van der Waals surface area contributed by atoms with Crippen molar-refractivity contribution in [2.75, 3.05) is 26.2 Å². The number of nitrogens with one attached hydrogen (secondary N) is 1. The van der Waals surface area contributed by atoms with E-state index in [1.807, 2.05) is 0 Å². The minimum atomic E-state index is -0.185. The van der Waals surface area contributed by atoms with Gasteiger partial charge in [-0.15, -0.1) is 12.6 Å². The van der Waals surface area contributed by atoms with E-state index in [2.05, 4.69) is 29.8 Å². The predicted molar refractivity (Wildman–Crippen MR) is 90.9 cm³/mol. The lowest BCUT2D eigenvalue weighted by molar-refractivity contribution is 0.0931. The van der Waals surface area contributed by atoms with E-state index in [0.717, 1.165) is 26.1 Å². The van der Waals surface area contributed by atoms with E-state index >= 15 is 0 Å². The molecule has 6 heteroatoms. The van der Waals surface area contributed by atoms with Crippen molar-refractivity contribution < 1.29 is 4.79 Å². The number of amides is 1. The van der Waals surface area contributed by atoms with Gasteiger partial charge in [0, 0.05) is 23.0 Å². The van der Waals surface area contributed by atoms with E-state index in [0.29, 0.717) is 33.0 Å². The van der Waals surface area contributed by atoms with Crippen molar-refractivity contribution in [3.8, 4) is 0 Å². The van der Waals surface area contributed by atoms with Crippen LogP contribution < -0.4 is 5.32 Å². The first kappa shape index (κ1) is 16.9. The maximum absolute atomic E-state index is 12.3. The molecule has 0 bridgehead atoms. The summed E-state index contributed by atoms with van der Waals surface area (Å²) in [6, 6.07) is 3.20. The minimum Gasteiger partial charge on any atom is -0.352 e. The van der Waals surface area contributed by atoms with E-state index in [1.54, 1.807) is 12.1 Å². The second kappa shape index (κ2) is 7.73. The van der Waals surface area contributed by atoms with Crippen LogP contribution in [0.25, 0.3) is 0 Å². The average Bonchev–Trinajstić information content (AvgIpc) is 2.44. The molecule has 1 saturated heterocycles. The van der Waals surface area contributed by atoms with Crippen molar-refractivity contribution in [1.29, 1.82) is 0 Å². The van der Waals surface area contributed by atoms with Crippen LogP contribution in [-0.4, -0.2) is 37.0 Å². The Morgan fingerprint density at radius 2 is 2.24 bits per heavy atom. The number of likely N-dealkylation sites (tertiary alicyclic amines) is 1. The van der Waals surface area contributed by atoms with Gasteiger partial charge in [0.1, 0.15) is 0 Å². The molecule has 0 spiro atoms. The predicted octanol–water partition coefficient (Wildman–Crippen LogP) is 3.74. The molecule has 0 aromatic heterocycles. The van der Waals surface area contributed by atoms with Gasteiger partial charge in [-0.05, 0) is 44.0 Å². The van der Waals surface area contributed by atoms with Crippen molar-refractivity contribution in [2.24, 2.45) is 5.92 Å². The zero-order valence-corrected chi connectivity index (χ0v) is 14.4. The first-order valence-electron chi connectivity index (χ1n) is 7.19. The Labute approximate surface area is 141 Å². The number of hydrogen-bond donors (Lipinski definition) is 2. The van der Waals surface area contributed by atoms with Crippen LogP contribution >= 0.6 is 35.8 Å². The molecule has 1 atom stereocenters. The molecule has 1 aliphatic heterocycles. The second-order valence-electron chi connectivity index (χ2n) is 5.39. The van der Waals surface area contributed by atoms with Crippen molar-refractivity contribution in [2.45, 2.75) is 24.7 Å². The largest absolute Gasteiger partial charge is 0.352 e. The van der Waals surface area contributed by atoms with Gasteiger partial charge in [-0.1, -0.05) is 30.1 Å². The third-order valence-electron chi connectivity index (χ3n) is 3.86. The van der Waals surface area contributed by atoms with Crippen molar-refractivity contribution in [1.82, 2.24) is 10.2 Å². The van der Waals surface area contributed by atoms with E-state index in [9.17, 15) is 4.79 Å². The highest BCUT2D eigenvalue weighted by molar-refractivity contribution is 7.80. The number of hydrogen-bond acceptors (Lipinski definition) is 3. The molecule has 116 valence electrons. The van der Waals surface area contributed by atoms with Gasteiger partial charge in [0.15, 0.2) is 0 Å². The molecule has 2 rings (SSSR count).